The van der Waals surface area contributed by atoms with Crippen LogP contribution in [0.15, 0.2) is 30.3 Å². The maximum atomic E-state index is 5.82. The highest BCUT2D eigenvalue weighted by atomic mass is 79.9. The number of hydrogen-bond acceptors (Lipinski definition) is 2. The van der Waals surface area contributed by atoms with Crippen molar-refractivity contribution in [2.24, 2.45) is 0 Å². The van der Waals surface area contributed by atoms with Crippen molar-refractivity contribution < 1.29 is 0 Å². The van der Waals surface area contributed by atoms with Gasteiger partial charge in [-0.25, -0.2) is 9.97 Å². The van der Waals surface area contributed by atoms with Crippen LogP contribution in [0, 0.1) is 0 Å². The highest BCUT2D eigenvalue weighted by Crippen LogP contribution is 2.21. The lowest BCUT2D eigenvalue weighted by Crippen LogP contribution is -1.90. The third kappa shape index (κ3) is 2.73. The van der Waals surface area contributed by atoms with E-state index in [0.717, 1.165) is 10.9 Å². The monoisotopic (exact) mass is 316 g/mol. The van der Waals surface area contributed by atoms with Gasteiger partial charge in [-0.2, -0.15) is 0 Å². The zero-order valence-electron chi connectivity index (χ0n) is 8.12. The molecular formula is C11H7BrCl2N2. The summed E-state index contributed by atoms with van der Waals surface area (Å²) in [6.45, 7) is 0. The summed E-state index contributed by atoms with van der Waals surface area (Å²) in [7, 11) is 0. The van der Waals surface area contributed by atoms with Crippen molar-refractivity contribution in [1.29, 1.82) is 0 Å². The molecule has 0 spiro atoms. The number of hydrogen-bond donors (Lipinski definition) is 0. The maximum Gasteiger partial charge on any atom is 0.162 e. The number of rotatable bonds is 2. The van der Waals surface area contributed by atoms with Gasteiger partial charge in [-0.15, -0.1) is 0 Å². The quantitative estimate of drug-likeness (QED) is 0.608. The van der Waals surface area contributed by atoms with Gasteiger partial charge in [0, 0.05) is 17.0 Å². The molecule has 0 fully saturated rings. The Morgan fingerprint density at radius 2 is 1.56 bits per heavy atom. The van der Waals surface area contributed by atoms with E-state index in [4.69, 9.17) is 23.2 Å². The first-order valence-electron chi connectivity index (χ1n) is 4.54. The van der Waals surface area contributed by atoms with E-state index in [9.17, 15) is 0 Å². The van der Waals surface area contributed by atoms with Crippen LogP contribution in [0.25, 0.3) is 11.4 Å². The highest BCUT2D eigenvalue weighted by Gasteiger charge is 2.04. The molecule has 0 radical (unpaired) electrons. The van der Waals surface area contributed by atoms with Gasteiger partial charge in [0.1, 0.15) is 10.3 Å². The van der Waals surface area contributed by atoms with Gasteiger partial charge in [0.25, 0.3) is 0 Å². The Hall–Kier alpha value is -0.640. The van der Waals surface area contributed by atoms with Crippen molar-refractivity contribution in [1.82, 2.24) is 9.97 Å². The van der Waals surface area contributed by atoms with Gasteiger partial charge in [-0.3, -0.25) is 0 Å². The van der Waals surface area contributed by atoms with E-state index in [2.05, 4.69) is 25.9 Å². The van der Waals surface area contributed by atoms with E-state index in [1.807, 2.05) is 24.3 Å². The summed E-state index contributed by atoms with van der Waals surface area (Å²) in [6, 6.07) is 9.40. The molecule has 0 amide bonds. The van der Waals surface area contributed by atoms with Gasteiger partial charge >= 0.3 is 0 Å². The molecule has 0 bridgehead atoms. The Balaban J connectivity index is 2.42. The van der Waals surface area contributed by atoms with Crippen LogP contribution in [0.5, 0.6) is 0 Å². The van der Waals surface area contributed by atoms with Gasteiger partial charge in [-0.05, 0) is 5.56 Å². The second kappa shape index (κ2) is 5.13. The molecule has 2 nitrogen and oxygen atoms in total. The molecule has 5 heteroatoms. The molecular weight excluding hydrogens is 311 g/mol. The second-order valence-corrected chi connectivity index (χ2v) is 4.50. The highest BCUT2D eigenvalue weighted by molar-refractivity contribution is 9.08. The summed E-state index contributed by atoms with van der Waals surface area (Å²) in [5.74, 6) is 0.540. The van der Waals surface area contributed by atoms with Gasteiger partial charge in [0.2, 0.25) is 0 Å². The second-order valence-electron chi connectivity index (χ2n) is 3.17. The summed E-state index contributed by atoms with van der Waals surface area (Å²) >= 11 is 15.0. The zero-order valence-corrected chi connectivity index (χ0v) is 11.2. The summed E-state index contributed by atoms with van der Waals surface area (Å²) in [5.41, 5.74) is 2.09. The lowest BCUT2D eigenvalue weighted by molar-refractivity contribution is 1.17. The number of halogens is 3. The first kappa shape index (κ1) is 11.8. The zero-order chi connectivity index (χ0) is 11.5. The summed E-state index contributed by atoms with van der Waals surface area (Å²) < 4.78 is 0. The average Bonchev–Trinajstić information content (AvgIpc) is 2.28. The lowest BCUT2D eigenvalue weighted by atomic mass is 10.1. The molecule has 1 aromatic carbocycles. The number of alkyl halides is 1. The Kier molecular flexibility index (Phi) is 3.79. The molecule has 0 atom stereocenters. The molecule has 0 aliphatic carbocycles. The predicted octanol–water partition coefficient (Wildman–Crippen LogP) is 4.35. The molecule has 16 heavy (non-hydrogen) atoms. The standard InChI is InChI=1S/C11H7BrCl2N2/c12-6-7-1-3-8(4-2-7)11-15-9(13)5-10(14)16-11/h1-5H,6H2. The first-order chi connectivity index (χ1) is 7.69. The molecule has 82 valence electrons. The van der Waals surface area contributed by atoms with Crippen molar-refractivity contribution in [3.8, 4) is 11.4 Å². The number of nitrogens with zero attached hydrogens (tertiary/aromatic N) is 2. The van der Waals surface area contributed by atoms with Crippen LogP contribution in [-0.4, -0.2) is 9.97 Å². The predicted molar refractivity (Wildman–Crippen MR) is 70.1 cm³/mol. The third-order valence-electron chi connectivity index (χ3n) is 2.03. The lowest BCUT2D eigenvalue weighted by Gasteiger charge is -2.02. The van der Waals surface area contributed by atoms with Crippen LogP contribution in [0.2, 0.25) is 10.3 Å². The molecule has 1 aromatic heterocycles. The van der Waals surface area contributed by atoms with Crippen LogP contribution in [0.3, 0.4) is 0 Å². The first-order valence-corrected chi connectivity index (χ1v) is 6.42. The molecule has 0 saturated heterocycles. The fourth-order valence-electron chi connectivity index (χ4n) is 1.26. The molecule has 0 aliphatic heterocycles. The van der Waals surface area contributed by atoms with Crippen molar-refractivity contribution in [3.05, 3.63) is 46.2 Å². The smallest absolute Gasteiger partial charge is 0.162 e. The molecule has 2 rings (SSSR count). The molecule has 2 aromatic rings. The topological polar surface area (TPSA) is 25.8 Å². The molecule has 0 N–H and O–H groups in total. The number of aromatic nitrogens is 2. The summed E-state index contributed by atoms with van der Waals surface area (Å²) in [6.07, 6.45) is 0. The van der Waals surface area contributed by atoms with Crippen LogP contribution in [-0.2, 0) is 5.33 Å². The maximum absolute atomic E-state index is 5.82. The van der Waals surface area contributed by atoms with Gasteiger partial charge in [0.05, 0.1) is 0 Å². The average molecular weight is 318 g/mol. The van der Waals surface area contributed by atoms with Crippen LogP contribution in [0.1, 0.15) is 5.56 Å². The van der Waals surface area contributed by atoms with Gasteiger partial charge in [-0.1, -0.05) is 63.4 Å². The van der Waals surface area contributed by atoms with E-state index in [1.54, 1.807) is 0 Å². The fourth-order valence-corrected chi connectivity index (χ4v) is 2.06. The molecule has 0 aliphatic rings. The van der Waals surface area contributed by atoms with E-state index >= 15 is 0 Å². The molecule has 0 unspecified atom stereocenters. The minimum absolute atomic E-state index is 0.347. The Morgan fingerprint density at radius 3 is 2.06 bits per heavy atom. The number of benzene rings is 1. The Morgan fingerprint density at radius 1 is 1.00 bits per heavy atom. The minimum atomic E-state index is 0.347. The van der Waals surface area contributed by atoms with E-state index < -0.39 is 0 Å². The molecule has 0 saturated carbocycles. The van der Waals surface area contributed by atoms with E-state index in [0.29, 0.717) is 16.1 Å². The summed E-state index contributed by atoms with van der Waals surface area (Å²) in [5, 5.41) is 1.52. The van der Waals surface area contributed by atoms with E-state index in [1.165, 1.54) is 11.6 Å². The van der Waals surface area contributed by atoms with Crippen LogP contribution < -0.4 is 0 Å². The van der Waals surface area contributed by atoms with Crippen LogP contribution >= 0.6 is 39.1 Å². The largest absolute Gasteiger partial charge is 0.216 e. The van der Waals surface area contributed by atoms with Gasteiger partial charge < -0.3 is 0 Å². The molecule has 1 heterocycles. The fraction of sp³-hybridized carbons (Fsp3) is 0.0909. The SMILES string of the molecule is Clc1cc(Cl)nc(-c2ccc(CBr)cc2)n1. The van der Waals surface area contributed by atoms with Crippen molar-refractivity contribution in [3.63, 3.8) is 0 Å². The van der Waals surface area contributed by atoms with Crippen molar-refractivity contribution in [2.45, 2.75) is 5.33 Å². The van der Waals surface area contributed by atoms with Crippen LogP contribution in [0.4, 0.5) is 0 Å². The van der Waals surface area contributed by atoms with Crippen molar-refractivity contribution >= 4 is 39.1 Å². The third-order valence-corrected chi connectivity index (χ3v) is 3.06. The van der Waals surface area contributed by atoms with Gasteiger partial charge in [0.15, 0.2) is 5.82 Å². The minimum Gasteiger partial charge on any atom is -0.216 e. The Bertz CT molecular complexity index is 480. The van der Waals surface area contributed by atoms with E-state index in [-0.39, 0.29) is 0 Å². The summed E-state index contributed by atoms with van der Waals surface area (Å²) in [4.78, 5) is 8.24. The normalized spacial score (nSPS) is 10.4. The van der Waals surface area contributed by atoms with Crippen molar-refractivity contribution in [2.75, 3.05) is 0 Å². The Labute approximate surface area is 112 Å².